The average Bonchev–Trinajstić information content (AvgIpc) is 2.44. The fourth-order valence-electron chi connectivity index (χ4n) is 1.67. The highest BCUT2D eigenvalue weighted by atomic mass is 35.5. The minimum absolute atomic E-state index is 0.166. The first-order valence-corrected chi connectivity index (χ1v) is 7.50. The van der Waals surface area contributed by atoms with Crippen LogP contribution in [0.25, 0.3) is 11.1 Å². The van der Waals surface area contributed by atoms with Gasteiger partial charge in [0.25, 0.3) is 0 Å². The molecule has 0 radical (unpaired) electrons. The Kier molecular flexibility index (Phi) is 5.23. The van der Waals surface area contributed by atoms with Gasteiger partial charge in [0.2, 0.25) is 0 Å². The monoisotopic (exact) mass is 388 g/mol. The van der Waals surface area contributed by atoms with Gasteiger partial charge in [-0.05, 0) is 18.2 Å². The van der Waals surface area contributed by atoms with Gasteiger partial charge in [-0.25, -0.2) is 0 Å². The van der Waals surface area contributed by atoms with Crippen LogP contribution in [0.2, 0.25) is 30.1 Å². The maximum atomic E-state index is 6.24. The molecule has 0 aliphatic rings. The van der Waals surface area contributed by atoms with Crippen molar-refractivity contribution >= 4 is 69.6 Å². The SMILES string of the molecule is COc1ccc(-c2cc(Cl)c(Cl)c(Cl)c2Cl)c(Cl)c1Cl. The van der Waals surface area contributed by atoms with Gasteiger partial charge in [0, 0.05) is 11.1 Å². The van der Waals surface area contributed by atoms with Crippen molar-refractivity contribution in [3.05, 3.63) is 48.3 Å². The maximum absolute atomic E-state index is 6.24. The summed E-state index contributed by atoms with van der Waals surface area (Å²) in [6.45, 7) is 0. The molecule has 0 atom stereocenters. The van der Waals surface area contributed by atoms with Crippen molar-refractivity contribution in [3.8, 4) is 16.9 Å². The van der Waals surface area contributed by atoms with Crippen LogP contribution in [0.15, 0.2) is 18.2 Å². The molecule has 7 heteroatoms. The van der Waals surface area contributed by atoms with E-state index in [2.05, 4.69) is 0 Å². The molecule has 0 N–H and O–H groups in total. The van der Waals surface area contributed by atoms with E-state index in [1.807, 2.05) is 0 Å². The maximum Gasteiger partial charge on any atom is 0.139 e. The number of benzene rings is 2. The smallest absolute Gasteiger partial charge is 0.139 e. The molecule has 0 amide bonds. The van der Waals surface area contributed by atoms with E-state index in [4.69, 9.17) is 74.3 Å². The van der Waals surface area contributed by atoms with Crippen LogP contribution in [0.5, 0.6) is 5.75 Å². The van der Waals surface area contributed by atoms with Gasteiger partial charge >= 0.3 is 0 Å². The average molecular weight is 391 g/mol. The van der Waals surface area contributed by atoms with Crippen molar-refractivity contribution in [3.63, 3.8) is 0 Å². The molecule has 0 heterocycles. The van der Waals surface area contributed by atoms with Crippen LogP contribution in [-0.4, -0.2) is 7.11 Å². The van der Waals surface area contributed by atoms with Crippen molar-refractivity contribution in [1.29, 1.82) is 0 Å². The topological polar surface area (TPSA) is 9.23 Å². The summed E-state index contributed by atoms with van der Waals surface area (Å²) in [4.78, 5) is 0. The zero-order valence-corrected chi connectivity index (χ0v) is 14.4. The molecule has 0 saturated heterocycles. The number of ether oxygens (including phenoxy) is 1. The lowest BCUT2D eigenvalue weighted by atomic mass is 10.1. The van der Waals surface area contributed by atoms with Crippen LogP contribution >= 0.6 is 69.6 Å². The summed E-state index contributed by atoms with van der Waals surface area (Å²) in [6, 6.07) is 4.98. The van der Waals surface area contributed by atoms with E-state index in [0.717, 1.165) is 0 Å². The van der Waals surface area contributed by atoms with Gasteiger partial charge in [0.1, 0.15) is 10.8 Å². The van der Waals surface area contributed by atoms with Gasteiger partial charge in [-0.1, -0.05) is 69.6 Å². The number of methoxy groups -OCH3 is 1. The normalized spacial score (nSPS) is 10.8. The molecule has 0 spiro atoms. The Bertz CT molecular complexity index is 683. The van der Waals surface area contributed by atoms with Gasteiger partial charge < -0.3 is 4.74 Å². The molecule has 2 aromatic carbocycles. The minimum Gasteiger partial charge on any atom is -0.495 e. The zero-order valence-electron chi connectivity index (χ0n) is 9.91. The van der Waals surface area contributed by atoms with E-state index in [1.54, 1.807) is 18.2 Å². The molecule has 20 heavy (non-hydrogen) atoms. The summed E-state index contributed by atoms with van der Waals surface area (Å²) in [5.41, 5.74) is 1.13. The Hall–Kier alpha value is -0.0200. The number of hydrogen-bond donors (Lipinski definition) is 0. The van der Waals surface area contributed by atoms with Crippen LogP contribution in [0, 0.1) is 0 Å². The Morgan fingerprint density at radius 1 is 0.700 bits per heavy atom. The molecular weight excluding hydrogens is 385 g/mol. The Morgan fingerprint density at radius 3 is 1.90 bits per heavy atom. The van der Waals surface area contributed by atoms with Gasteiger partial charge in [-0.2, -0.15) is 0 Å². The van der Waals surface area contributed by atoms with E-state index in [1.165, 1.54) is 7.11 Å². The summed E-state index contributed by atoms with van der Waals surface area (Å²) < 4.78 is 5.09. The second-order valence-corrected chi connectivity index (χ2v) is 6.09. The van der Waals surface area contributed by atoms with Gasteiger partial charge in [-0.3, -0.25) is 0 Å². The molecule has 2 aromatic rings. The molecule has 0 fully saturated rings. The predicted molar refractivity (Wildman–Crippen MR) is 88.5 cm³/mol. The molecule has 106 valence electrons. The van der Waals surface area contributed by atoms with Gasteiger partial charge in [-0.15, -0.1) is 0 Å². The third-order valence-corrected chi connectivity index (χ3v) is 5.28. The molecule has 1 nitrogen and oxygen atoms in total. The van der Waals surface area contributed by atoms with Crippen molar-refractivity contribution in [1.82, 2.24) is 0 Å². The highest BCUT2D eigenvalue weighted by Crippen LogP contribution is 2.46. The van der Waals surface area contributed by atoms with E-state index in [0.29, 0.717) is 21.9 Å². The standard InChI is InChI=1S/C13H6Cl6O/c1-20-8-3-2-5(9(15)12(8)18)6-4-7(14)11(17)13(19)10(6)16/h2-4H,1H3. The van der Waals surface area contributed by atoms with Gasteiger partial charge in [0.15, 0.2) is 0 Å². The van der Waals surface area contributed by atoms with Crippen LogP contribution in [0.1, 0.15) is 0 Å². The molecule has 0 aliphatic carbocycles. The molecule has 0 aromatic heterocycles. The zero-order chi connectivity index (χ0) is 15.0. The first kappa shape index (κ1) is 16.4. The van der Waals surface area contributed by atoms with Crippen LogP contribution in [-0.2, 0) is 0 Å². The summed E-state index contributed by atoms with van der Waals surface area (Å²) in [6.07, 6.45) is 0. The lowest BCUT2D eigenvalue weighted by Gasteiger charge is -2.13. The second-order valence-electron chi connectivity index (χ2n) is 3.79. The number of hydrogen-bond acceptors (Lipinski definition) is 1. The molecule has 0 bridgehead atoms. The summed E-state index contributed by atoms with van der Waals surface area (Å²) in [5.74, 6) is 0.461. The first-order chi connectivity index (χ1) is 9.38. The summed E-state index contributed by atoms with van der Waals surface area (Å²) in [5, 5.41) is 1.47. The van der Waals surface area contributed by atoms with Crippen molar-refractivity contribution < 1.29 is 4.74 Å². The molecule has 0 saturated carbocycles. The van der Waals surface area contributed by atoms with Crippen LogP contribution in [0.4, 0.5) is 0 Å². The highest BCUT2D eigenvalue weighted by Gasteiger charge is 2.18. The molecule has 0 aliphatic heterocycles. The predicted octanol–water partition coefficient (Wildman–Crippen LogP) is 7.28. The molecule has 0 unspecified atom stereocenters. The number of rotatable bonds is 2. The highest BCUT2D eigenvalue weighted by molar-refractivity contribution is 6.53. The van der Waals surface area contributed by atoms with E-state index < -0.39 is 0 Å². The Morgan fingerprint density at radius 2 is 1.30 bits per heavy atom. The molecule has 2 rings (SSSR count). The largest absolute Gasteiger partial charge is 0.495 e. The van der Waals surface area contributed by atoms with Crippen molar-refractivity contribution in [2.24, 2.45) is 0 Å². The van der Waals surface area contributed by atoms with E-state index >= 15 is 0 Å². The van der Waals surface area contributed by atoms with E-state index in [9.17, 15) is 0 Å². The Balaban J connectivity index is 2.73. The van der Waals surface area contributed by atoms with Gasteiger partial charge in [0.05, 0.1) is 32.2 Å². The third-order valence-electron chi connectivity index (χ3n) is 2.66. The third kappa shape index (κ3) is 2.81. The minimum atomic E-state index is 0.166. The summed E-state index contributed by atoms with van der Waals surface area (Å²) >= 11 is 36.5. The molecular formula is C13H6Cl6O. The first-order valence-electron chi connectivity index (χ1n) is 5.23. The summed E-state index contributed by atoms with van der Waals surface area (Å²) in [7, 11) is 1.50. The van der Waals surface area contributed by atoms with Crippen molar-refractivity contribution in [2.45, 2.75) is 0 Å². The fourth-order valence-corrected chi connectivity index (χ4v) is 3.07. The van der Waals surface area contributed by atoms with Crippen LogP contribution < -0.4 is 4.74 Å². The second kappa shape index (κ2) is 6.39. The van der Waals surface area contributed by atoms with E-state index in [-0.39, 0.29) is 25.1 Å². The lowest BCUT2D eigenvalue weighted by Crippen LogP contribution is -1.89. The number of halogens is 6. The Labute approximate surface area is 146 Å². The van der Waals surface area contributed by atoms with Crippen LogP contribution in [0.3, 0.4) is 0 Å². The lowest BCUT2D eigenvalue weighted by molar-refractivity contribution is 0.415. The van der Waals surface area contributed by atoms with Crippen molar-refractivity contribution in [2.75, 3.05) is 7.11 Å². The quantitative estimate of drug-likeness (QED) is 0.386. The fraction of sp³-hybridized carbons (Fsp3) is 0.0769.